The number of benzene rings is 1. The number of nitrogens with zero attached hydrogens (tertiary/aromatic N) is 5. The van der Waals surface area contributed by atoms with Gasteiger partial charge in [0.25, 0.3) is 0 Å². The Morgan fingerprint density at radius 2 is 2.03 bits per heavy atom. The van der Waals surface area contributed by atoms with Gasteiger partial charge in [-0.2, -0.15) is 9.97 Å². The van der Waals surface area contributed by atoms with E-state index in [0.717, 1.165) is 24.9 Å². The van der Waals surface area contributed by atoms with Gasteiger partial charge in [-0.15, -0.1) is 0 Å². The number of carbonyl (C=O) groups is 1. The van der Waals surface area contributed by atoms with E-state index < -0.39 is 0 Å². The largest absolute Gasteiger partial charge is 0.369 e. The number of amides is 1. The lowest BCUT2D eigenvalue weighted by molar-refractivity contribution is -0.122. The summed E-state index contributed by atoms with van der Waals surface area (Å²) in [5.74, 6) is 1.34. The number of halogens is 1. The Kier molecular flexibility index (Phi) is 6.39. The first-order valence-corrected chi connectivity index (χ1v) is 10.5. The molecule has 32 heavy (non-hydrogen) atoms. The third-order valence-corrected chi connectivity index (χ3v) is 5.40. The molecular formula is C22H25FN8O. The highest BCUT2D eigenvalue weighted by Crippen LogP contribution is 2.27. The monoisotopic (exact) mass is 436 g/mol. The van der Waals surface area contributed by atoms with Crippen LogP contribution in [0, 0.1) is 11.7 Å². The van der Waals surface area contributed by atoms with Gasteiger partial charge in [0.15, 0.2) is 0 Å². The average molecular weight is 436 g/mol. The number of piperidine rings is 1. The average Bonchev–Trinajstić information content (AvgIpc) is 2.80. The van der Waals surface area contributed by atoms with Crippen molar-refractivity contribution in [2.45, 2.75) is 25.8 Å². The Morgan fingerprint density at radius 3 is 2.75 bits per heavy atom. The summed E-state index contributed by atoms with van der Waals surface area (Å²) in [5.41, 5.74) is 6.44. The summed E-state index contributed by atoms with van der Waals surface area (Å²) in [4.78, 5) is 31.3. The van der Waals surface area contributed by atoms with Crippen LogP contribution in [-0.4, -0.2) is 38.9 Å². The summed E-state index contributed by atoms with van der Waals surface area (Å²) in [5, 5.41) is 6.42. The fraction of sp³-hybridized carbons (Fsp3) is 0.318. The molecule has 1 aliphatic heterocycles. The molecule has 0 aliphatic carbocycles. The SMILES string of the molecule is C[C@H](Nc1nc(Nc2cnccn2)cc(N2CCCC(C(N)=O)C2)n1)c1ccc(F)cc1. The number of carbonyl (C=O) groups excluding carboxylic acids is 1. The predicted molar refractivity (Wildman–Crippen MR) is 120 cm³/mol. The second-order valence-corrected chi connectivity index (χ2v) is 7.76. The first-order chi connectivity index (χ1) is 15.5. The second kappa shape index (κ2) is 9.54. The maximum atomic E-state index is 13.3. The van der Waals surface area contributed by atoms with Crippen molar-refractivity contribution in [3.05, 3.63) is 60.3 Å². The number of nitrogens with two attached hydrogens (primary N) is 1. The summed E-state index contributed by atoms with van der Waals surface area (Å²) >= 11 is 0. The van der Waals surface area contributed by atoms with E-state index in [1.54, 1.807) is 30.7 Å². The van der Waals surface area contributed by atoms with E-state index in [0.29, 0.717) is 29.9 Å². The molecule has 0 bridgehead atoms. The Labute approximate surface area is 185 Å². The van der Waals surface area contributed by atoms with E-state index in [1.807, 2.05) is 17.9 Å². The van der Waals surface area contributed by atoms with Crippen LogP contribution < -0.4 is 21.3 Å². The predicted octanol–water partition coefficient (Wildman–Crippen LogP) is 3.02. The quantitative estimate of drug-likeness (QED) is 0.517. The number of nitrogens with one attached hydrogen (secondary N) is 2. The van der Waals surface area contributed by atoms with E-state index in [-0.39, 0.29) is 23.7 Å². The molecular weight excluding hydrogens is 411 g/mol. The molecule has 0 spiro atoms. The zero-order valence-corrected chi connectivity index (χ0v) is 17.7. The lowest BCUT2D eigenvalue weighted by atomic mass is 9.97. The Morgan fingerprint density at radius 1 is 1.22 bits per heavy atom. The minimum Gasteiger partial charge on any atom is -0.369 e. The number of primary amides is 1. The van der Waals surface area contributed by atoms with Crippen molar-refractivity contribution in [3.63, 3.8) is 0 Å². The molecule has 1 aromatic carbocycles. The van der Waals surface area contributed by atoms with E-state index in [2.05, 4.69) is 30.6 Å². The minimum atomic E-state index is -0.301. The minimum absolute atomic E-state index is 0.157. The molecule has 3 heterocycles. The molecule has 3 aromatic rings. The standard InChI is InChI=1S/C22H25FN8O/c1-14(15-4-6-17(23)7-5-15)27-22-29-18(28-19-12-25-8-9-26-19)11-20(30-22)31-10-2-3-16(13-31)21(24)32/h4-9,11-12,14,16H,2-3,10,13H2,1H3,(H2,24,32)(H2,26,27,28,29,30)/t14-,16?/m0/s1. The highest BCUT2D eigenvalue weighted by atomic mass is 19.1. The highest BCUT2D eigenvalue weighted by Gasteiger charge is 2.25. The van der Waals surface area contributed by atoms with Crippen molar-refractivity contribution in [2.75, 3.05) is 28.6 Å². The van der Waals surface area contributed by atoms with Crippen molar-refractivity contribution in [1.82, 2.24) is 19.9 Å². The van der Waals surface area contributed by atoms with E-state index in [4.69, 9.17) is 5.73 Å². The van der Waals surface area contributed by atoms with Crippen molar-refractivity contribution >= 4 is 29.3 Å². The van der Waals surface area contributed by atoms with Gasteiger partial charge in [-0.05, 0) is 37.5 Å². The van der Waals surface area contributed by atoms with Gasteiger partial charge in [-0.25, -0.2) is 9.37 Å². The number of hydrogen-bond donors (Lipinski definition) is 3. The van der Waals surface area contributed by atoms with Gasteiger partial charge in [-0.1, -0.05) is 12.1 Å². The van der Waals surface area contributed by atoms with E-state index in [9.17, 15) is 9.18 Å². The lowest BCUT2D eigenvalue weighted by Crippen LogP contribution is -2.41. The van der Waals surface area contributed by atoms with Crippen LogP contribution in [0.4, 0.5) is 27.8 Å². The van der Waals surface area contributed by atoms with Crippen LogP contribution in [0.2, 0.25) is 0 Å². The molecule has 10 heteroatoms. The van der Waals surface area contributed by atoms with Gasteiger partial charge in [0.2, 0.25) is 11.9 Å². The topological polar surface area (TPSA) is 122 Å². The first kappa shape index (κ1) is 21.4. The molecule has 1 amide bonds. The third kappa shape index (κ3) is 5.26. The first-order valence-electron chi connectivity index (χ1n) is 10.5. The Bertz CT molecular complexity index is 1060. The molecule has 166 valence electrons. The summed E-state index contributed by atoms with van der Waals surface area (Å²) in [7, 11) is 0. The van der Waals surface area contributed by atoms with Crippen LogP contribution in [0.5, 0.6) is 0 Å². The number of rotatable bonds is 7. The van der Waals surface area contributed by atoms with Crippen LogP contribution in [0.3, 0.4) is 0 Å². The molecule has 4 rings (SSSR count). The molecule has 0 saturated carbocycles. The maximum absolute atomic E-state index is 13.3. The molecule has 2 aromatic heterocycles. The van der Waals surface area contributed by atoms with Gasteiger partial charge in [-0.3, -0.25) is 9.78 Å². The molecule has 4 N–H and O–H groups in total. The fourth-order valence-corrected chi connectivity index (χ4v) is 3.67. The zero-order chi connectivity index (χ0) is 22.5. The molecule has 1 unspecified atom stereocenters. The molecule has 1 aliphatic rings. The molecule has 9 nitrogen and oxygen atoms in total. The maximum Gasteiger partial charge on any atom is 0.227 e. The van der Waals surface area contributed by atoms with E-state index in [1.165, 1.54) is 12.1 Å². The number of hydrogen-bond acceptors (Lipinski definition) is 8. The second-order valence-electron chi connectivity index (χ2n) is 7.76. The smallest absolute Gasteiger partial charge is 0.227 e. The van der Waals surface area contributed by atoms with Crippen LogP contribution in [-0.2, 0) is 4.79 Å². The molecule has 1 saturated heterocycles. The molecule has 0 radical (unpaired) electrons. The van der Waals surface area contributed by atoms with Gasteiger partial charge < -0.3 is 21.3 Å². The number of aromatic nitrogens is 4. The van der Waals surface area contributed by atoms with Crippen molar-refractivity contribution < 1.29 is 9.18 Å². The summed E-state index contributed by atoms with van der Waals surface area (Å²) in [6, 6.07) is 7.93. The summed E-state index contributed by atoms with van der Waals surface area (Å²) in [6.45, 7) is 3.21. The van der Waals surface area contributed by atoms with Crippen LogP contribution >= 0.6 is 0 Å². The number of anilines is 4. The Balaban J connectivity index is 1.62. The summed E-state index contributed by atoms with van der Waals surface area (Å²) < 4.78 is 13.3. The highest BCUT2D eigenvalue weighted by molar-refractivity contribution is 5.77. The fourth-order valence-electron chi connectivity index (χ4n) is 3.67. The van der Waals surface area contributed by atoms with Crippen molar-refractivity contribution in [3.8, 4) is 0 Å². The van der Waals surface area contributed by atoms with Gasteiger partial charge in [0.05, 0.1) is 18.2 Å². The van der Waals surface area contributed by atoms with Crippen LogP contribution in [0.1, 0.15) is 31.4 Å². The molecule has 2 atom stereocenters. The normalized spacial score (nSPS) is 16.9. The zero-order valence-electron chi connectivity index (χ0n) is 17.7. The van der Waals surface area contributed by atoms with E-state index >= 15 is 0 Å². The Hall–Kier alpha value is -3.82. The third-order valence-electron chi connectivity index (χ3n) is 5.40. The van der Waals surface area contributed by atoms with Gasteiger partial charge in [0, 0.05) is 31.5 Å². The van der Waals surface area contributed by atoms with Gasteiger partial charge in [0.1, 0.15) is 23.3 Å². The van der Waals surface area contributed by atoms with Crippen LogP contribution in [0.15, 0.2) is 48.9 Å². The van der Waals surface area contributed by atoms with Gasteiger partial charge >= 0.3 is 0 Å². The summed E-state index contributed by atoms with van der Waals surface area (Å²) in [6.07, 6.45) is 6.39. The van der Waals surface area contributed by atoms with Crippen molar-refractivity contribution in [1.29, 1.82) is 0 Å². The lowest BCUT2D eigenvalue weighted by Gasteiger charge is -2.32. The molecule has 1 fully saturated rings. The van der Waals surface area contributed by atoms with Crippen molar-refractivity contribution in [2.24, 2.45) is 11.7 Å². The van der Waals surface area contributed by atoms with Crippen LogP contribution in [0.25, 0.3) is 0 Å².